The summed E-state index contributed by atoms with van der Waals surface area (Å²) in [5, 5.41) is 0. The number of benzene rings is 1. The van der Waals surface area contributed by atoms with E-state index in [1.165, 1.54) is 0 Å². The highest BCUT2D eigenvalue weighted by molar-refractivity contribution is 7.80. The molecule has 0 aromatic heterocycles. The Morgan fingerprint density at radius 3 is 2.67 bits per heavy atom. The summed E-state index contributed by atoms with van der Waals surface area (Å²) in [5.74, 6) is -0.278. The van der Waals surface area contributed by atoms with Crippen molar-refractivity contribution in [1.29, 1.82) is 0 Å². The van der Waals surface area contributed by atoms with Crippen molar-refractivity contribution in [2.75, 3.05) is 13.1 Å². The largest absolute Gasteiger partial charge is 0.389 e. The predicted molar refractivity (Wildman–Crippen MR) is 78.1 cm³/mol. The zero-order valence-corrected chi connectivity index (χ0v) is 11.9. The van der Waals surface area contributed by atoms with E-state index in [1.54, 1.807) is 18.2 Å². The second kappa shape index (κ2) is 7.44. The van der Waals surface area contributed by atoms with Crippen molar-refractivity contribution in [3.63, 3.8) is 0 Å². The second-order valence-electron chi connectivity index (χ2n) is 4.37. The fraction of sp³-hybridized carbons (Fsp3) is 0.500. The van der Waals surface area contributed by atoms with Gasteiger partial charge in [0.1, 0.15) is 10.8 Å². The SMILES string of the molecule is CCCCN(CC)Cc1cccc(C(N)=S)c1F. The molecule has 0 aliphatic heterocycles. The maximum absolute atomic E-state index is 14.1. The zero-order valence-electron chi connectivity index (χ0n) is 11.1. The molecular formula is C14H21FN2S. The maximum atomic E-state index is 14.1. The first-order valence-electron chi connectivity index (χ1n) is 6.39. The highest BCUT2D eigenvalue weighted by Gasteiger charge is 2.12. The molecule has 0 amide bonds. The Balaban J connectivity index is 2.83. The molecular weight excluding hydrogens is 247 g/mol. The van der Waals surface area contributed by atoms with E-state index in [4.69, 9.17) is 18.0 Å². The first kappa shape index (κ1) is 15.1. The van der Waals surface area contributed by atoms with Crippen molar-refractivity contribution in [3.05, 3.63) is 35.1 Å². The highest BCUT2D eigenvalue weighted by Crippen LogP contribution is 2.15. The van der Waals surface area contributed by atoms with E-state index in [2.05, 4.69) is 18.7 Å². The quantitative estimate of drug-likeness (QED) is 0.771. The average molecular weight is 268 g/mol. The fourth-order valence-electron chi connectivity index (χ4n) is 1.86. The molecule has 0 saturated carbocycles. The Morgan fingerprint density at radius 1 is 1.39 bits per heavy atom. The Hall–Kier alpha value is -1.00. The van der Waals surface area contributed by atoms with Crippen LogP contribution in [0.15, 0.2) is 18.2 Å². The standard InChI is InChI=1S/C14H21FN2S/c1-3-5-9-17(4-2)10-11-7-6-8-12(13(11)15)14(16)18/h6-8H,3-5,9-10H2,1-2H3,(H2,16,18). The molecule has 0 atom stereocenters. The lowest BCUT2D eigenvalue weighted by atomic mass is 10.1. The molecule has 0 bridgehead atoms. The van der Waals surface area contributed by atoms with Crippen molar-refractivity contribution in [2.45, 2.75) is 33.2 Å². The molecule has 1 aromatic carbocycles. The van der Waals surface area contributed by atoms with Gasteiger partial charge >= 0.3 is 0 Å². The predicted octanol–water partition coefficient (Wildman–Crippen LogP) is 3.08. The van der Waals surface area contributed by atoms with Gasteiger partial charge in [-0.3, -0.25) is 4.90 Å². The minimum atomic E-state index is -0.278. The first-order valence-corrected chi connectivity index (χ1v) is 6.80. The number of thiocarbonyl (C=S) groups is 1. The van der Waals surface area contributed by atoms with Crippen LogP contribution < -0.4 is 5.73 Å². The first-order chi connectivity index (χ1) is 8.60. The van der Waals surface area contributed by atoms with Gasteiger partial charge in [0.05, 0.1) is 0 Å². The Kier molecular flexibility index (Phi) is 6.22. The maximum Gasteiger partial charge on any atom is 0.137 e. The molecule has 4 heteroatoms. The van der Waals surface area contributed by atoms with Gasteiger partial charge in [-0.05, 0) is 25.6 Å². The minimum Gasteiger partial charge on any atom is -0.389 e. The lowest BCUT2D eigenvalue weighted by Gasteiger charge is -2.20. The Morgan fingerprint density at radius 2 is 2.11 bits per heavy atom. The average Bonchev–Trinajstić information content (AvgIpc) is 2.36. The summed E-state index contributed by atoms with van der Waals surface area (Å²) in [7, 11) is 0. The molecule has 2 nitrogen and oxygen atoms in total. The molecule has 0 radical (unpaired) electrons. The van der Waals surface area contributed by atoms with E-state index in [9.17, 15) is 4.39 Å². The summed E-state index contributed by atoms with van der Waals surface area (Å²) in [6.45, 7) is 6.76. The molecule has 2 N–H and O–H groups in total. The third-order valence-electron chi connectivity index (χ3n) is 3.01. The van der Waals surface area contributed by atoms with Crippen LogP contribution in [-0.2, 0) is 6.54 Å². The van der Waals surface area contributed by atoms with E-state index in [0.717, 1.165) is 25.9 Å². The van der Waals surface area contributed by atoms with Crippen LogP contribution in [0.4, 0.5) is 4.39 Å². The van der Waals surface area contributed by atoms with Gasteiger partial charge in [0, 0.05) is 17.7 Å². The van der Waals surface area contributed by atoms with Gasteiger partial charge in [0.15, 0.2) is 0 Å². The van der Waals surface area contributed by atoms with Gasteiger partial charge in [-0.1, -0.05) is 44.6 Å². The number of nitrogens with two attached hydrogens (primary N) is 1. The van der Waals surface area contributed by atoms with E-state index in [-0.39, 0.29) is 10.8 Å². The molecule has 100 valence electrons. The van der Waals surface area contributed by atoms with Crippen molar-refractivity contribution >= 4 is 17.2 Å². The number of hydrogen-bond acceptors (Lipinski definition) is 2. The summed E-state index contributed by atoms with van der Waals surface area (Å²) in [5.41, 5.74) is 6.51. The van der Waals surface area contributed by atoms with Crippen LogP contribution in [0.2, 0.25) is 0 Å². The van der Waals surface area contributed by atoms with Crippen LogP contribution in [0.1, 0.15) is 37.8 Å². The van der Waals surface area contributed by atoms with Crippen LogP contribution in [0, 0.1) is 5.82 Å². The molecule has 1 rings (SSSR count). The highest BCUT2D eigenvalue weighted by atomic mass is 32.1. The third kappa shape index (κ3) is 4.03. The number of rotatable bonds is 7. The van der Waals surface area contributed by atoms with Gasteiger partial charge in [-0.15, -0.1) is 0 Å². The van der Waals surface area contributed by atoms with Gasteiger partial charge in [-0.2, -0.15) is 0 Å². The topological polar surface area (TPSA) is 29.3 Å². The summed E-state index contributed by atoms with van der Waals surface area (Å²) >= 11 is 4.85. The summed E-state index contributed by atoms with van der Waals surface area (Å²) in [4.78, 5) is 2.34. The lowest BCUT2D eigenvalue weighted by Crippen LogP contribution is -2.25. The number of unbranched alkanes of at least 4 members (excludes halogenated alkanes) is 1. The molecule has 0 unspecified atom stereocenters. The van der Waals surface area contributed by atoms with Gasteiger partial charge in [0.2, 0.25) is 0 Å². The number of hydrogen-bond donors (Lipinski definition) is 1. The molecule has 0 fully saturated rings. The molecule has 0 aliphatic carbocycles. The van der Waals surface area contributed by atoms with Crippen LogP contribution in [0.5, 0.6) is 0 Å². The van der Waals surface area contributed by atoms with Crippen molar-refractivity contribution in [2.24, 2.45) is 5.73 Å². The lowest BCUT2D eigenvalue weighted by molar-refractivity contribution is 0.271. The van der Waals surface area contributed by atoms with Crippen LogP contribution in [0.3, 0.4) is 0 Å². The molecule has 1 aromatic rings. The van der Waals surface area contributed by atoms with Gasteiger partial charge in [-0.25, -0.2) is 4.39 Å². The summed E-state index contributed by atoms with van der Waals surface area (Å²) in [6.07, 6.45) is 2.27. The molecule has 0 aliphatic rings. The molecule has 0 spiro atoms. The Bertz CT molecular complexity index is 407. The van der Waals surface area contributed by atoms with Crippen molar-refractivity contribution < 1.29 is 4.39 Å². The monoisotopic (exact) mass is 268 g/mol. The normalized spacial score (nSPS) is 10.9. The summed E-state index contributed by atoms with van der Waals surface area (Å²) < 4.78 is 14.1. The number of halogens is 1. The van der Waals surface area contributed by atoms with Crippen LogP contribution >= 0.6 is 12.2 Å². The minimum absolute atomic E-state index is 0.117. The molecule has 0 heterocycles. The molecule has 18 heavy (non-hydrogen) atoms. The fourth-order valence-corrected chi connectivity index (χ4v) is 2.02. The van der Waals surface area contributed by atoms with E-state index < -0.39 is 0 Å². The van der Waals surface area contributed by atoms with Crippen molar-refractivity contribution in [3.8, 4) is 0 Å². The van der Waals surface area contributed by atoms with Gasteiger partial charge in [0.25, 0.3) is 0 Å². The number of nitrogens with zero attached hydrogens (tertiary/aromatic N) is 1. The van der Waals surface area contributed by atoms with Crippen LogP contribution in [-0.4, -0.2) is 23.0 Å². The third-order valence-corrected chi connectivity index (χ3v) is 3.23. The summed E-state index contributed by atoms with van der Waals surface area (Å²) in [6, 6.07) is 5.23. The second-order valence-corrected chi connectivity index (χ2v) is 4.81. The Labute approximate surface area is 114 Å². The van der Waals surface area contributed by atoms with Crippen molar-refractivity contribution in [1.82, 2.24) is 4.90 Å². The zero-order chi connectivity index (χ0) is 13.5. The van der Waals surface area contributed by atoms with Crippen LogP contribution in [0.25, 0.3) is 0 Å². The van der Waals surface area contributed by atoms with Gasteiger partial charge < -0.3 is 5.73 Å². The van der Waals surface area contributed by atoms with E-state index >= 15 is 0 Å². The smallest absolute Gasteiger partial charge is 0.137 e. The van der Waals surface area contributed by atoms with E-state index in [0.29, 0.717) is 17.7 Å². The van der Waals surface area contributed by atoms with E-state index in [1.807, 2.05) is 0 Å². The molecule has 0 saturated heterocycles.